The molecule has 0 heterocycles. The summed E-state index contributed by atoms with van der Waals surface area (Å²) in [4.78, 5) is 14.3. The standard InChI is InChI=1S/C20H41N2O2/c1-5-9-10-11-12-13-14-15-20(24)21(6-2)16-17-22(7-3,8-4)18-19-23/h14-15,23H,5-13,16-19H2,1-4H3/q+1/b15-14+. The minimum atomic E-state index is 0.125. The maximum atomic E-state index is 12.3. The molecular weight excluding hydrogens is 300 g/mol. The van der Waals surface area contributed by atoms with Crippen LogP contribution in [0, 0.1) is 0 Å². The van der Waals surface area contributed by atoms with Gasteiger partial charge in [0.1, 0.15) is 6.54 Å². The molecule has 0 unspecified atom stereocenters. The second-order valence-electron chi connectivity index (χ2n) is 6.67. The van der Waals surface area contributed by atoms with Crippen LogP contribution in [-0.2, 0) is 4.79 Å². The smallest absolute Gasteiger partial charge is 0.246 e. The van der Waals surface area contributed by atoms with Crippen molar-refractivity contribution in [3.63, 3.8) is 0 Å². The van der Waals surface area contributed by atoms with Crippen LogP contribution in [0.3, 0.4) is 0 Å². The van der Waals surface area contributed by atoms with Crippen molar-refractivity contribution in [3.8, 4) is 0 Å². The number of carbonyl (C=O) groups is 1. The number of amides is 1. The molecule has 1 N–H and O–H groups in total. The van der Waals surface area contributed by atoms with Crippen LogP contribution in [0.2, 0.25) is 0 Å². The fraction of sp³-hybridized carbons (Fsp3) is 0.850. The number of allylic oxidation sites excluding steroid dienone is 1. The summed E-state index contributed by atoms with van der Waals surface area (Å²) in [5.74, 6) is 0.125. The number of unbranched alkanes of at least 4 members (excludes halogenated alkanes) is 5. The van der Waals surface area contributed by atoms with Crippen molar-refractivity contribution >= 4 is 5.91 Å². The largest absolute Gasteiger partial charge is 0.391 e. The molecular formula is C20H41N2O2+. The van der Waals surface area contributed by atoms with Gasteiger partial charge in [-0.25, -0.2) is 0 Å². The van der Waals surface area contributed by atoms with E-state index in [1.165, 1.54) is 32.1 Å². The molecule has 0 fully saturated rings. The van der Waals surface area contributed by atoms with E-state index in [9.17, 15) is 9.90 Å². The lowest BCUT2D eigenvalue weighted by atomic mass is 10.1. The third kappa shape index (κ3) is 9.43. The molecule has 24 heavy (non-hydrogen) atoms. The summed E-state index contributed by atoms with van der Waals surface area (Å²) in [5, 5.41) is 9.31. The van der Waals surface area contributed by atoms with E-state index < -0.39 is 0 Å². The van der Waals surface area contributed by atoms with Crippen molar-refractivity contribution in [3.05, 3.63) is 12.2 Å². The Morgan fingerprint density at radius 1 is 1.00 bits per heavy atom. The molecule has 0 aromatic heterocycles. The number of hydrogen-bond donors (Lipinski definition) is 1. The fourth-order valence-electron chi connectivity index (χ4n) is 3.09. The van der Waals surface area contributed by atoms with Gasteiger partial charge < -0.3 is 14.5 Å². The first kappa shape index (κ1) is 23.1. The molecule has 0 rings (SSSR count). The summed E-state index contributed by atoms with van der Waals surface area (Å²) in [7, 11) is 0. The third-order valence-electron chi connectivity index (χ3n) is 5.19. The second kappa shape index (κ2) is 14.5. The highest BCUT2D eigenvalue weighted by Crippen LogP contribution is 2.08. The predicted octanol–water partition coefficient (Wildman–Crippen LogP) is 3.60. The van der Waals surface area contributed by atoms with Gasteiger partial charge in [0.2, 0.25) is 5.91 Å². The number of aliphatic hydroxyl groups is 1. The maximum absolute atomic E-state index is 12.3. The minimum absolute atomic E-state index is 0.125. The average molecular weight is 342 g/mol. The first-order valence-electron chi connectivity index (χ1n) is 10.0. The molecule has 0 aromatic carbocycles. The number of hydrogen-bond acceptors (Lipinski definition) is 2. The number of nitrogens with zero attached hydrogens (tertiary/aromatic N) is 2. The molecule has 0 aromatic rings. The number of likely N-dealkylation sites (N-methyl/N-ethyl adjacent to an activating group) is 2. The van der Waals surface area contributed by atoms with Crippen LogP contribution in [0.15, 0.2) is 12.2 Å². The van der Waals surface area contributed by atoms with E-state index in [-0.39, 0.29) is 12.5 Å². The summed E-state index contributed by atoms with van der Waals surface area (Å²) < 4.78 is 0.876. The Labute approximate surface area is 150 Å². The van der Waals surface area contributed by atoms with Crippen molar-refractivity contribution in [2.45, 2.75) is 66.2 Å². The molecule has 0 saturated carbocycles. The van der Waals surface area contributed by atoms with E-state index in [0.717, 1.165) is 50.2 Å². The summed E-state index contributed by atoms with van der Waals surface area (Å²) in [6, 6.07) is 0. The fourth-order valence-corrected chi connectivity index (χ4v) is 3.09. The van der Waals surface area contributed by atoms with Crippen molar-refractivity contribution < 1.29 is 14.4 Å². The SMILES string of the molecule is CCCCCCC/C=C/C(=O)N(CC)CC[N+](CC)(CC)CCO. The molecule has 0 saturated heterocycles. The van der Waals surface area contributed by atoms with Gasteiger partial charge in [-0.05, 0) is 39.7 Å². The molecule has 1 amide bonds. The number of carbonyl (C=O) groups excluding carboxylic acids is 1. The highest BCUT2D eigenvalue weighted by Gasteiger charge is 2.24. The topological polar surface area (TPSA) is 40.5 Å². The molecule has 142 valence electrons. The van der Waals surface area contributed by atoms with Crippen molar-refractivity contribution in [1.29, 1.82) is 0 Å². The quantitative estimate of drug-likeness (QED) is 0.281. The van der Waals surface area contributed by atoms with Gasteiger partial charge in [-0.3, -0.25) is 4.79 Å². The Bertz CT molecular complexity index is 339. The Morgan fingerprint density at radius 2 is 1.67 bits per heavy atom. The zero-order valence-corrected chi connectivity index (χ0v) is 16.6. The third-order valence-corrected chi connectivity index (χ3v) is 5.19. The van der Waals surface area contributed by atoms with Crippen LogP contribution in [0.25, 0.3) is 0 Å². The lowest BCUT2D eigenvalue weighted by molar-refractivity contribution is -0.924. The molecule has 0 radical (unpaired) electrons. The average Bonchev–Trinajstić information content (AvgIpc) is 2.60. The molecule has 0 aliphatic rings. The summed E-state index contributed by atoms with van der Waals surface area (Å²) in [5.41, 5.74) is 0. The number of quaternary nitrogens is 1. The summed E-state index contributed by atoms with van der Waals surface area (Å²) in [6.45, 7) is 14.0. The molecule has 0 bridgehead atoms. The Balaban J connectivity index is 4.28. The molecule has 0 aliphatic carbocycles. The van der Waals surface area contributed by atoms with Gasteiger partial charge in [-0.1, -0.05) is 38.7 Å². The van der Waals surface area contributed by atoms with Gasteiger partial charge in [0, 0.05) is 6.54 Å². The van der Waals surface area contributed by atoms with Gasteiger partial charge in [0.25, 0.3) is 0 Å². The second-order valence-corrected chi connectivity index (χ2v) is 6.67. The van der Waals surface area contributed by atoms with Crippen molar-refractivity contribution in [2.24, 2.45) is 0 Å². The summed E-state index contributed by atoms with van der Waals surface area (Å²) in [6.07, 6.45) is 11.1. The monoisotopic (exact) mass is 341 g/mol. The van der Waals surface area contributed by atoms with Crippen LogP contribution in [-0.4, -0.2) is 66.3 Å². The van der Waals surface area contributed by atoms with Gasteiger partial charge in [0.15, 0.2) is 0 Å². The minimum Gasteiger partial charge on any atom is -0.391 e. The van der Waals surface area contributed by atoms with Crippen molar-refractivity contribution in [1.82, 2.24) is 4.90 Å². The van der Waals surface area contributed by atoms with Crippen LogP contribution in [0.4, 0.5) is 0 Å². The van der Waals surface area contributed by atoms with E-state index in [4.69, 9.17) is 0 Å². The Hall–Kier alpha value is -0.870. The van der Waals surface area contributed by atoms with E-state index in [1.54, 1.807) is 6.08 Å². The van der Waals surface area contributed by atoms with Crippen LogP contribution >= 0.6 is 0 Å². The Morgan fingerprint density at radius 3 is 2.21 bits per heavy atom. The molecule has 4 heteroatoms. The van der Waals surface area contributed by atoms with Crippen LogP contribution < -0.4 is 0 Å². The van der Waals surface area contributed by atoms with Crippen molar-refractivity contribution in [2.75, 3.05) is 45.9 Å². The van der Waals surface area contributed by atoms with Gasteiger partial charge >= 0.3 is 0 Å². The Kier molecular flexibility index (Phi) is 13.9. The van der Waals surface area contributed by atoms with E-state index in [0.29, 0.717) is 0 Å². The highest BCUT2D eigenvalue weighted by atomic mass is 16.3. The zero-order chi connectivity index (χ0) is 18.3. The maximum Gasteiger partial charge on any atom is 0.246 e. The highest BCUT2D eigenvalue weighted by molar-refractivity contribution is 5.87. The van der Waals surface area contributed by atoms with Gasteiger partial charge in [0.05, 0.1) is 32.8 Å². The molecule has 0 spiro atoms. The van der Waals surface area contributed by atoms with Crippen LogP contribution in [0.5, 0.6) is 0 Å². The first-order valence-corrected chi connectivity index (χ1v) is 10.0. The number of aliphatic hydroxyl groups excluding tert-OH is 1. The predicted molar refractivity (Wildman–Crippen MR) is 103 cm³/mol. The number of rotatable bonds is 15. The first-order chi connectivity index (χ1) is 11.6. The molecule has 0 atom stereocenters. The normalized spacial score (nSPS) is 12.0. The van der Waals surface area contributed by atoms with E-state index in [1.807, 2.05) is 17.9 Å². The van der Waals surface area contributed by atoms with Gasteiger partial charge in [-0.2, -0.15) is 0 Å². The summed E-state index contributed by atoms with van der Waals surface area (Å²) >= 11 is 0. The molecule has 0 aliphatic heterocycles. The lowest BCUT2D eigenvalue weighted by Crippen LogP contribution is -2.53. The van der Waals surface area contributed by atoms with E-state index >= 15 is 0 Å². The lowest BCUT2D eigenvalue weighted by Gasteiger charge is -2.37. The van der Waals surface area contributed by atoms with E-state index in [2.05, 4.69) is 20.8 Å². The van der Waals surface area contributed by atoms with Gasteiger partial charge in [-0.15, -0.1) is 0 Å². The zero-order valence-electron chi connectivity index (χ0n) is 16.6. The van der Waals surface area contributed by atoms with Crippen LogP contribution in [0.1, 0.15) is 66.2 Å². The molecule has 4 nitrogen and oxygen atoms in total.